The molecule has 0 fully saturated rings. The van der Waals surface area contributed by atoms with Crippen LogP contribution in [0.5, 0.6) is 5.75 Å². The summed E-state index contributed by atoms with van der Waals surface area (Å²) in [5.74, 6) is -1.26. The Kier molecular flexibility index (Phi) is 7.01. The lowest BCUT2D eigenvalue weighted by molar-refractivity contribution is -0.274. The first-order chi connectivity index (χ1) is 13.2. The fourth-order valence-corrected chi connectivity index (χ4v) is 2.30. The van der Waals surface area contributed by atoms with Crippen molar-refractivity contribution in [3.8, 4) is 5.75 Å². The Balaban J connectivity index is 2.20. The molecule has 0 saturated heterocycles. The average molecular weight is 402 g/mol. The van der Waals surface area contributed by atoms with Gasteiger partial charge in [-0.15, -0.1) is 13.2 Å². The molecule has 0 unspecified atom stereocenters. The number of aliphatic hydroxyl groups is 1. The molecule has 0 spiro atoms. The van der Waals surface area contributed by atoms with Crippen molar-refractivity contribution in [1.29, 1.82) is 0 Å². The second-order valence-electron chi connectivity index (χ2n) is 5.51. The van der Waals surface area contributed by atoms with Gasteiger partial charge in [-0.1, -0.05) is 6.07 Å². The van der Waals surface area contributed by atoms with Crippen LogP contribution in [-0.2, 0) is 6.61 Å². The van der Waals surface area contributed by atoms with Gasteiger partial charge in [0.2, 0.25) is 0 Å². The zero-order chi connectivity index (χ0) is 20.7. The molecule has 0 heterocycles. The van der Waals surface area contributed by atoms with Crippen molar-refractivity contribution in [1.82, 2.24) is 0 Å². The third kappa shape index (κ3) is 6.28. The van der Waals surface area contributed by atoms with Crippen molar-refractivity contribution in [2.75, 3.05) is 29.0 Å². The number of nitrogens with one attached hydrogen (secondary N) is 3. The van der Waals surface area contributed by atoms with Gasteiger partial charge in [0.15, 0.2) is 0 Å². The number of alkyl halides is 3. The molecule has 2 rings (SSSR count). The van der Waals surface area contributed by atoms with E-state index in [0.29, 0.717) is 0 Å². The summed E-state index contributed by atoms with van der Waals surface area (Å²) < 4.78 is 55.0. The molecule has 2 aromatic rings. The molecule has 0 atom stereocenters. The molecular weight excluding hydrogens is 384 g/mol. The second-order valence-corrected chi connectivity index (χ2v) is 5.51. The van der Waals surface area contributed by atoms with Gasteiger partial charge < -0.3 is 31.5 Å². The fourth-order valence-electron chi connectivity index (χ4n) is 2.30. The van der Waals surface area contributed by atoms with E-state index in [9.17, 15) is 27.5 Å². The minimum atomic E-state index is -4.91. The largest absolute Gasteiger partial charge is 0.573 e. The molecule has 0 aromatic heterocycles. The highest BCUT2D eigenvalue weighted by Gasteiger charge is 2.31. The molecule has 0 aliphatic heterocycles. The van der Waals surface area contributed by atoms with Crippen LogP contribution in [0.4, 0.5) is 39.4 Å². The third-order valence-corrected chi connectivity index (χ3v) is 3.40. The van der Waals surface area contributed by atoms with Crippen molar-refractivity contribution in [3.05, 3.63) is 47.8 Å². The van der Waals surface area contributed by atoms with Crippen LogP contribution in [0.3, 0.4) is 0 Å². The number of benzene rings is 2. The van der Waals surface area contributed by atoms with Gasteiger partial charge in [-0.2, -0.15) is 0 Å². The maximum absolute atomic E-state index is 13.6. The molecule has 2 amide bonds. The lowest BCUT2D eigenvalue weighted by Gasteiger charge is -2.15. The molecule has 6 N–H and O–H groups in total. The summed E-state index contributed by atoms with van der Waals surface area (Å²) in [6.45, 7) is -0.133. The second kappa shape index (κ2) is 9.24. The maximum Gasteiger partial charge on any atom is 0.573 e. The number of carbonyl (C=O) groups is 1. The van der Waals surface area contributed by atoms with Crippen molar-refractivity contribution in [3.63, 3.8) is 0 Å². The normalized spacial score (nSPS) is 11.1. The number of aliphatic hydroxyl groups excluding tert-OH is 1. The predicted octanol–water partition coefficient (Wildman–Crippen LogP) is 3.23. The standard InChI is InChI=1S/C17H18F4N4O3/c18-14-2-1-3-15(13(14)9-26)25-16(27)24-11-6-10(23-5-4-22)7-12(8-11)28-17(19,20)21/h1-3,6-8,23,26H,4-5,9,22H2,(H2,24,25,27). The Morgan fingerprint density at radius 2 is 1.86 bits per heavy atom. The topological polar surface area (TPSA) is 109 Å². The first-order valence-electron chi connectivity index (χ1n) is 8.03. The van der Waals surface area contributed by atoms with E-state index >= 15 is 0 Å². The van der Waals surface area contributed by atoms with Crippen LogP contribution in [0, 0.1) is 5.82 Å². The average Bonchev–Trinajstić information content (AvgIpc) is 2.58. The van der Waals surface area contributed by atoms with Crippen LogP contribution >= 0.6 is 0 Å². The van der Waals surface area contributed by atoms with Gasteiger partial charge in [0.1, 0.15) is 11.6 Å². The third-order valence-electron chi connectivity index (χ3n) is 3.40. The first-order valence-corrected chi connectivity index (χ1v) is 8.03. The summed E-state index contributed by atoms with van der Waals surface area (Å²) in [6.07, 6.45) is -4.91. The summed E-state index contributed by atoms with van der Waals surface area (Å²) in [6, 6.07) is 6.40. The van der Waals surface area contributed by atoms with Gasteiger partial charge in [0, 0.05) is 42.2 Å². The maximum atomic E-state index is 13.6. The van der Waals surface area contributed by atoms with Crippen LogP contribution in [0.15, 0.2) is 36.4 Å². The molecule has 152 valence electrons. The lowest BCUT2D eigenvalue weighted by Crippen LogP contribution is -2.21. The number of urea groups is 1. The van der Waals surface area contributed by atoms with Crippen LogP contribution in [0.25, 0.3) is 0 Å². The summed E-state index contributed by atoms with van der Waals surface area (Å²) >= 11 is 0. The predicted molar refractivity (Wildman–Crippen MR) is 95.6 cm³/mol. The van der Waals surface area contributed by atoms with E-state index in [2.05, 4.69) is 20.7 Å². The smallest absolute Gasteiger partial charge is 0.406 e. The van der Waals surface area contributed by atoms with Crippen LogP contribution in [-0.4, -0.2) is 30.6 Å². The molecule has 7 nitrogen and oxygen atoms in total. The highest BCUT2D eigenvalue weighted by atomic mass is 19.4. The molecule has 2 aromatic carbocycles. The van der Waals surface area contributed by atoms with Crippen LogP contribution < -0.4 is 26.4 Å². The van der Waals surface area contributed by atoms with Gasteiger partial charge in [-0.3, -0.25) is 0 Å². The summed E-state index contributed by atoms with van der Waals surface area (Å²) in [7, 11) is 0. The van der Waals surface area contributed by atoms with E-state index in [4.69, 9.17) is 5.73 Å². The fraction of sp³-hybridized carbons (Fsp3) is 0.235. The molecule has 0 saturated carbocycles. The Morgan fingerprint density at radius 3 is 2.50 bits per heavy atom. The number of ether oxygens (including phenoxy) is 1. The van der Waals surface area contributed by atoms with Crippen LogP contribution in [0.1, 0.15) is 5.56 Å². The summed E-state index contributed by atoms with van der Waals surface area (Å²) in [5.41, 5.74) is 5.47. The zero-order valence-corrected chi connectivity index (χ0v) is 14.4. The number of hydrogen-bond acceptors (Lipinski definition) is 5. The number of halogens is 4. The first kappa shape index (κ1) is 21.3. The number of nitrogens with two attached hydrogens (primary N) is 1. The number of anilines is 3. The van der Waals surface area contributed by atoms with Crippen LogP contribution in [0.2, 0.25) is 0 Å². The van der Waals surface area contributed by atoms with E-state index in [1.165, 1.54) is 18.2 Å². The molecule has 0 radical (unpaired) electrons. The quantitative estimate of drug-likeness (QED) is 0.457. The molecule has 11 heteroatoms. The monoisotopic (exact) mass is 402 g/mol. The molecule has 0 aliphatic carbocycles. The van der Waals surface area contributed by atoms with Gasteiger partial charge in [0.05, 0.1) is 12.3 Å². The van der Waals surface area contributed by atoms with E-state index in [0.717, 1.165) is 18.2 Å². The Labute approximate surface area is 157 Å². The van der Waals surface area contributed by atoms with Crippen molar-refractivity contribution < 1.29 is 32.2 Å². The molecule has 28 heavy (non-hydrogen) atoms. The van der Waals surface area contributed by atoms with Crippen molar-refractivity contribution >= 4 is 23.1 Å². The minimum absolute atomic E-state index is 0.0132. The number of amides is 2. The van der Waals surface area contributed by atoms with Gasteiger partial charge in [-0.25, -0.2) is 9.18 Å². The zero-order valence-electron chi connectivity index (χ0n) is 14.4. The number of rotatable bonds is 7. The molecular formula is C17H18F4N4O3. The molecule has 0 bridgehead atoms. The highest BCUT2D eigenvalue weighted by Crippen LogP contribution is 2.29. The van der Waals surface area contributed by atoms with E-state index in [1.807, 2.05) is 0 Å². The highest BCUT2D eigenvalue weighted by molar-refractivity contribution is 6.00. The number of carbonyl (C=O) groups excluding carboxylic acids is 1. The lowest BCUT2D eigenvalue weighted by atomic mass is 10.2. The SMILES string of the molecule is NCCNc1cc(NC(=O)Nc2cccc(F)c2CO)cc(OC(F)(F)F)c1. The summed E-state index contributed by atoms with van der Waals surface area (Å²) in [5, 5.41) is 16.7. The van der Waals surface area contributed by atoms with E-state index in [-0.39, 0.29) is 35.7 Å². The summed E-state index contributed by atoms with van der Waals surface area (Å²) in [4.78, 5) is 12.2. The minimum Gasteiger partial charge on any atom is -0.406 e. The van der Waals surface area contributed by atoms with Crippen molar-refractivity contribution in [2.24, 2.45) is 5.73 Å². The van der Waals surface area contributed by atoms with Gasteiger partial charge >= 0.3 is 12.4 Å². The van der Waals surface area contributed by atoms with E-state index < -0.39 is 30.6 Å². The Morgan fingerprint density at radius 1 is 1.14 bits per heavy atom. The Hall–Kier alpha value is -3.05. The van der Waals surface area contributed by atoms with Crippen molar-refractivity contribution in [2.45, 2.75) is 13.0 Å². The Bertz CT molecular complexity index is 831. The van der Waals surface area contributed by atoms with E-state index in [1.54, 1.807) is 0 Å². The van der Waals surface area contributed by atoms with Gasteiger partial charge in [-0.05, 0) is 18.2 Å². The molecule has 0 aliphatic rings. The van der Waals surface area contributed by atoms with Gasteiger partial charge in [0.25, 0.3) is 0 Å². The number of hydrogen-bond donors (Lipinski definition) is 5.